The van der Waals surface area contributed by atoms with E-state index in [-0.39, 0.29) is 12.6 Å². The van der Waals surface area contributed by atoms with E-state index >= 15 is 0 Å². The number of para-hydroxylation sites is 1. The van der Waals surface area contributed by atoms with Crippen LogP contribution in [-0.4, -0.2) is 26.6 Å². The van der Waals surface area contributed by atoms with E-state index in [2.05, 4.69) is 15.5 Å². The number of urea groups is 1. The third-order valence-electron chi connectivity index (χ3n) is 4.24. The summed E-state index contributed by atoms with van der Waals surface area (Å²) in [7, 11) is 0. The monoisotopic (exact) mass is 364 g/mol. The predicted molar refractivity (Wildman–Crippen MR) is 105 cm³/mol. The summed E-state index contributed by atoms with van der Waals surface area (Å²) in [6, 6.07) is 17.1. The van der Waals surface area contributed by atoms with E-state index in [1.165, 1.54) is 0 Å². The lowest BCUT2D eigenvalue weighted by Crippen LogP contribution is -2.47. The number of hydrogen-bond donors (Lipinski definition) is 1. The van der Waals surface area contributed by atoms with Gasteiger partial charge in [-0.2, -0.15) is 4.98 Å². The summed E-state index contributed by atoms with van der Waals surface area (Å²) >= 11 is 0. The molecule has 0 saturated carbocycles. The molecule has 0 aliphatic rings. The van der Waals surface area contributed by atoms with Gasteiger partial charge in [0.1, 0.15) is 6.54 Å². The Kier molecular flexibility index (Phi) is 5.26. The van der Waals surface area contributed by atoms with Gasteiger partial charge in [0, 0.05) is 16.8 Å². The van der Waals surface area contributed by atoms with Gasteiger partial charge in [0.15, 0.2) is 0 Å². The average Bonchev–Trinajstić information content (AvgIpc) is 3.10. The molecule has 1 aromatic heterocycles. The molecular weight excluding hydrogens is 340 g/mol. The van der Waals surface area contributed by atoms with Gasteiger partial charge in [-0.15, -0.1) is 0 Å². The maximum absolute atomic E-state index is 12.9. The molecule has 0 fully saturated rings. The van der Waals surface area contributed by atoms with E-state index < -0.39 is 5.54 Å². The average molecular weight is 364 g/mol. The zero-order valence-corrected chi connectivity index (χ0v) is 16.1. The molecule has 0 aliphatic carbocycles. The highest BCUT2D eigenvalue weighted by Crippen LogP contribution is 2.22. The van der Waals surface area contributed by atoms with Crippen molar-refractivity contribution in [3.05, 3.63) is 66.1 Å². The van der Waals surface area contributed by atoms with Crippen molar-refractivity contribution in [2.75, 3.05) is 5.32 Å². The van der Waals surface area contributed by atoms with Crippen LogP contribution in [0.3, 0.4) is 0 Å². The van der Waals surface area contributed by atoms with Gasteiger partial charge in [-0.3, -0.25) is 0 Å². The first-order valence-electron chi connectivity index (χ1n) is 8.87. The predicted octanol–water partition coefficient (Wildman–Crippen LogP) is 4.88. The first-order valence-corrected chi connectivity index (χ1v) is 8.87. The van der Waals surface area contributed by atoms with Crippen LogP contribution >= 0.6 is 0 Å². The van der Waals surface area contributed by atoms with Gasteiger partial charge in [-0.1, -0.05) is 53.7 Å². The maximum atomic E-state index is 12.9. The van der Waals surface area contributed by atoms with Gasteiger partial charge in [0.2, 0.25) is 11.7 Å². The number of hydrogen-bond acceptors (Lipinski definition) is 4. The zero-order valence-electron chi connectivity index (χ0n) is 16.1. The van der Waals surface area contributed by atoms with Crippen molar-refractivity contribution in [1.82, 2.24) is 15.0 Å². The van der Waals surface area contributed by atoms with E-state index in [4.69, 9.17) is 4.52 Å². The Bertz CT molecular complexity index is 913. The summed E-state index contributed by atoms with van der Waals surface area (Å²) in [4.78, 5) is 19.0. The second-order valence-electron chi connectivity index (χ2n) is 7.38. The lowest BCUT2D eigenvalue weighted by atomic mass is 10.1. The number of nitrogens with one attached hydrogen (secondary N) is 1. The van der Waals surface area contributed by atoms with Crippen LogP contribution in [0.15, 0.2) is 59.1 Å². The Morgan fingerprint density at radius 2 is 1.74 bits per heavy atom. The number of aromatic nitrogens is 2. The Balaban J connectivity index is 1.79. The molecule has 140 valence electrons. The van der Waals surface area contributed by atoms with Gasteiger partial charge in [-0.05, 0) is 39.3 Å². The van der Waals surface area contributed by atoms with Gasteiger partial charge >= 0.3 is 6.03 Å². The summed E-state index contributed by atoms with van der Waals surface area (Å²) in [6.07, 6.45) is 0. The smallest absolute Gasteiger partial charge is 0.322 e. The molecule has 1 N–H and O–H groups in total. The molecule has 6 nitrogen and oxygen atoms in total. The minimum Gasteiger partial charge on any atom is -0.337 e. The minimum atomic E-state index is -0.422. The fourth-order valence-corrected chi connectivity index (χ4v) is 2.67. The number of amides is 2. The van der Waals surface area contributed by atoms with Gasteiger partial charge in [0.25, 0.3) is 0 Å². The molecular formula is C21H24N4O2. The summed E-state index contributed by atoms with van der Waals surface area (Å²) < 4.78 is 5.39. The van der Waals surface area contributed by atoms with Crippen molar-refractivity contribution in [2.24, 2.45) is 0 Å². The molecule has 2 aromatic carbocycles. The van der Waals surface area contributed by atoms with Crippen LogP contribution in [0.1, 0.15) is 32.2 Å². The summed E-state index contributed by atoms with van der Waals surface area (Å²) in [5, 5.41) is 7.01. The quantitative estimate of drug-likeness (QED) is 0.716. The van der Waals surface area contributed by atoms with Crippen molar-refractivity contribution in [1.29, 1.82) is 0 Å². The number of aryl methyl sites for hydroxylation is 1. The third-order valence-corrected chi connectivity index (χ3v) is 4.24. The molecule has 0 bridgehead atoms. The summed E-state index contributed by atoms with van der Waals surface area (Å²) in [6.45, 7) is 8.10. The molecule has 0 spiro atoms. The zero-order chi connectivity index (χ0) is 19.4. The fourth-order valence-electron chi connectivity index (χ4n) is 2.67. The van der Waals surface area contributed by atoms with Crippen LogP contribution in [-0.2, 0) is 6.54 Å². The van der Waals surface area contributed by atoms with Crippen LogP contribution in [0.5, 0.6) is 0 Å². The molecule has 0 radical (unpaired) electrons. The van der Waals surface area contributed by atoms with Crippen LogP contribution < -0.4 is 5.32 Å². The second kappa shape index (κ2) is 7.61. The Hall–Kier alpha value is -3.15. The summed E-state index contributed by atoms with van der Waals surface area (Å²) in [5.41, 5.74) is 2.24. The Morgan fingerprint density at radius 1 is 1.07 bits per heavy atom. The number of benzene rings is 2. The highest BCUT2D eigenvalue weighted by atomic mass is 16.5. The van der Waals surface area contributed by atoms with Gasteiger partial charge in [0.05, 0.1) is 0 Å². The number of anilines is 1. The normalized spacial score (nSPS) is 11.3. The highest BCUT2D eigenvalue weighted by molar-refractivity contribution is 5.90. The highest BCUT2D eigenvalue weighted by Gasteiger charge is 2.29. The molecule has 0 saturated heterocycles. The first-order chi connectivity index (χ1) is 12.8. The van der Waals surface area contributed by atoms with Crippen molar-refractivity contribution < 1.29 is 9.32 Å². The maximum Gasteiger partial charge on any atom is 0.322 e. The first kappa shape index (κ1) is 18.6. The van der Waals surface area contributed by atoms with Crippen molar-refractivity contribution in [2.45, 2.75) is 39.8 Å². The van der Waals surface area contributed by atoms with Crippen LogP contribution in [0.25, 0.3) is 11.4 Å². The van der Waals surface area contributed by atoms with E-state index in [1.54, 1.807) is 4.90 Å². The number of nitrogens with zero attached hydrogens (tertiary/aromatic N) is 3. The molecule has 0 unspecified atom stereocenters. The topological polar surface area (TPSA) is 71.3 Å². The number of carbonyl (C=O) groups excluding carboxylic acids is 1. The lowest BCUT2D eigenvalue weighted by Gasteiger charge is -2.34. The molecule has 1 heterocycles. The third kappa shape index (κ3) is 4.53. The van der Waals surface area contributed by atoms with Crippen LogP contribution in [0.4, 0.5) is 10.5 Å². The molecule has 0 aliphatic heterocycles. The van der Waals surface area contributed by atoms with Crippen molar-refractivity contribution in [3.63, 3.8) is 0 Å². The van der Waals surface area contributed by atoms with E-state index in [9.17, 15) is 4.79 Å². The number of rotatable bonds is 4. The van der Waals surface area contributed by atoms with Crippen LogP contribution in [0, 0.1) is 6.92 Å². The molecule has 3 rings (SSSR count). The molecule has 3 aromatic rings. The minimum absolute atomic E-state index is 0.212. The van der Waals surface area contributed by atoms with Crippen LogP contribution in [0.2, 0.25) is 0 Å². The second-order valence-corrected chi connectivity index (χ2v) is 7.38. The van der Waals surface area contributed by atoms with Gasteiger partial charge < -0.3 is 14.7 Å². The van der Waals surface area contributed by atoms with E-state index in [0.29, 0.717) is 11.7 Å². The lowest BCUT2D eigenvalue weighted by molar-refractivity contribution is 0.140. The molecule has 6 heteroatoms. The standard InChI is InChI=1S/C21H24N4O2/c1-15-10-8-9-13-17(15)22-20(26)25(21(2,3)4)14-18-23-19(24-27-18)16-11-6-5-7-12-16/h5-13H,14H2,1-4H3,(H,22,26). The van der Waals surface area contributed by atoms with Crippen molar-refractivity contribution >= 4 is 11.7 Å². The van der Waals surface area contributed by atoms with E-state index in [0.717, 1.165) is 16.8 Å². The largest absolute Gasteiger partial charge is 0.337 e. The summed E-state index contributed by atoms with van der Waals surface area (Å²) in [5.74, 6) is 0.905. The molecule has 27 heavy (non-hydrogen) atoms. The van der Waals surface area contributed by atoms with E-state index in [1.807, 2.05) is 82.3 Å². The SMILES string of the molecule is Cc1ccccc1NC(=O)N(Cc1nc(-c2ccccc2)no1)C(C)(C)C. The van der Waals surface area contributed by atoms with Crippen molar-refractivity contribution in [3.8, 4) is 11.4 Å². The molecule has 2 amide bonds. The Morgan fingerprint density at radius 3 is 2.41 bits per heavy atom. The Labute approximate surface area is 159 Å². The molecule has 0 atom stereocenters. The fraction of sp³-hybridized carbons (Fsp3) is 0.286. The van der Waals surface area contributed by atoms with Gasteiger partial charge in [-0.25, -0.2) is 4.79 Å². The number of carbonyl (C=O) groups is 1.